The first-order valence-electron chi connectivity index (χ1n) is 4.28. The third-order valence-electron chi connectivity index (χ3n) is 2.49. The Bertz CT molecular complexity index is 331. The molecule has 13 heavy (non-hydrogen) atoms. The van der Waals surface area contributed by atoms with Crippen LogP contribution in [0.25, 0.3) is 0 Å². The fourth-order valence-corrected chi connectivity index (χ4v) is 1.38. The summed E-state index contributed by atoms with van der Waals surface area (Å²) >= 11 is 0. The average Bonchev–Trinajstić information content (AvgIpc) is 2.99. The third kappa shape index (κ3) is 1.30. The van der Waals surface area contributed by atoms with Crippen LogP contribution >= 0.6 is 0 Å². The van der Waals surface area contributed by atoms with Crippen molar-refractivity contribution in [2.75, 3.05) is 7.11 Å². The van der Waals surface area contributed by atoms with Crippen LogP contribution in [-0.4, -0.2) is 18.4 Å². The molecule has 2 rings (SSSR count). The van der Waals surface area contributed by atoms with Crippen molar-refractivity contribution < 1.29 is 9.53 Å². The van der Waals surface area contributed by atoms with Crippen molar-refractivity contribution in [3.05, 3.63) is 24.0 Å². The van der Waals surface area contributed by atoms with Crippen LogP contribution in [0.4, 0.5) is 0 Å². The van der Waals surface area contributed by atoms with Gasteiger partial charge in [0.1, 0.15) is 12.0 Å². The molecule has 0 spiro atoms. The van der Waals surface area contributed by atoms with Crippen LogP contribution in [-0.2, 0) is 10.2 Å². The molecule has 0 N–H and O–H groups in total. The molecular weight excluding hydrogens is 166 g/mol. The number of aromatic nitrogens is 1. The summed E-state index contributed by atoms with van der Waals surface area (Å²) in [7, 11) is 1.61. The Kier molecular flexibility index (Phi) is 1.79. The Labute approximate surface area is 76.7 Å². The van der Waals surface area contributed by atoms with Crippen LogP contribution in [0, 0.1) is 0 Å². The normalized spacial score (nSPS) is 17.9. The Morgan fingerprint density at radius 3 is 2.92 bits per heavy atom. The topological polar surface area (TPSA) is 39.2 Å². The van der Waals surface area contributed by atoms with Crippen LogP contribution in [0.3, 0.4) is 0 Å². The quantitative estimate of drug-likeness (QED) is 0.653. The maximum absolute atomic E-state index is 10.8. The van der Waals surface area contributed by atoms with E-state index in [1.165, 1.54) is 0 Å². The second kappa shape index (κ2) is 2.83. The van der Waals surface area contributed by atoms with Gasteiger partial charge in [-0.1, -0.05) is 0 Å². The van der Waals surface area contributed by atoms with E-state index < -0.39 is 0 Å². The van der Waals surface area contributed by atoms with Crippen molar-refractivity contribution in [2.45, 2.75) is 18.3 Å². The molecule has 0 bridgehead atoms. The van der Waals surface area contributed by atoms with E-state index >= 15 is 0 Å². The van der Waals surface area contributed by atoms with Crippen LogP contribution < -0.4 is 4.74 Å². The summed E-state index contributed by atoms with van der Waals surface area (Å²) < 4.78 is 5.07. The lowest BCUT2D eigenvalue weighted by Gasteiger charge is -2.07. The van der Waals surface area contributed by atoms with Gasteiger partial charge in [-0.3, -0.25) is 4.98 Å². The van der Waals surface area contributed by atoms with E-state index in [2.05, 4.69) is 4.98 Å². The van der Waals surface area contributed by atoms with Crippen molar-refractivity contribution in [2.24, 2.45) is 0 Å². The summed E-state index contributed by atoms with van der Waals surface area (Å²) in [5, 5.41) is 0. The van der Waals surface area contributed by atoms with Crippen molar-refractivity contribution in [3.63, 3.8) is 0 Å². The van der Waals surface area contributed by atoms with Crippen LogP contribution in [0.2, 0.25) is 0 Å². The summed E-state index contributed by atoms with van der Waals surface area (Å²) in [6.45, 7) is 0. The number of ether oxygens (including phenoxy) is 1. The SMILES string of the molecule is COc1ccnc(C2(C=O)CC2)c1. The minimum atomic E-state index is -0.297. The van der Waals surface area contributed by atoms with E-state index in [9.17, 15) is 4.79 Å². The van der Waals surface area contributed by atoms with Crippen molar-refractivity contribution >= 4 is 6.29 Å². The molecular formula is C10H11NO2. The first kappa shape index (κ1) is 8.23. The van der Waals surface area contributed by atoms with Gasteiger partial charge in [0.05, 0.1) is 18.2 Å². The lowest BCUT2D eigenvalue weighted by molar-refractivity contribution is -0.109. The molecule has 1 aromatic rings. The predicted molar refractivity (Wildman–Crippen MR) is 47.8 cm³/mol. The highest BCUT2D eigenvalue weighted by atomic mass is 16.5. The van der Waals surface area contributed by atoms with Crippen molar-refractivity contribution in [3.8, 4) is 5.75 Å². The number of pyridine rings is 1. The maximum atomic E-state index is 10.8. The fraction of sp³-hybridized carbons (Fsp3) is 0.400. The molecule has 0 aliphatic heterocycles. The molecule has 0 saturated heterocycles. The molecule has 1 aliphatic rings. The zero-order chi connectivity index (χ0) is 9.31. The van der Waals surface area contributed by atoms with Gasteiger partial charge in [0, 0.05) is 12.3 Å². The minimum Gasteiger partial charge on any atom is -0.497 e. The Morgan fingerprint density at radius 1 is 1.62 bits per heavy atom. The number of hydrogen-bond acceptors (Lipinski definition) is 3. The highest BCUT2D eigenvalue weighted by Crippen LogP contribution is 2.45. The summed E-state index contributed by atoms with van der Waals surface area (Å²) in [5.74, 6) is 0.762. The first-order chi connectivity index (χ1) is 6.30. The number of rotatable bonds is 3. The first-order valence-corrected chi connectivity index (χ1v) is 4.28. The molecule has 1 heterocycles. The van der Waals surface area contributed by atoms with E-state index in [1.54, 1.807) is 19.4 Å². The number of carbonyl (C=O) groups is 1. The number of aldehydes is 1. The standard InChI is InChI=1S/C10H11NO2/c1-13-8-2-5-11-9(6-8)10(7-12)3-4-10/h2,5-7H,3-4H2,1H3. The van der Waals surface area contributed by atoms with Gasteiger partial charge in [0.25, 0.3) is 0 Å². The molecule has 0 radical (unpaired) electrons. The van der Waals surface area contributed by atoms with E-state index in [0.29, 0.717) is 0 Å². The van der Waals surface area contributed by atoms with Gasteiger partial charge in [-0.15, -0.1) is 0 Å². The molecule has 1 aromatic heterocycles. The lowest BCUT2D eigenvalue weighted by atomic mass is 10.0. The minimum absolute atomic E-state index is 0.297. The fourth-order valence-electron chi connectivity index (χ4n) is 1.38. The predicted octanol–water partition coefficient (Wildman–Crippen LogP) is 1.32. The molecule has 1 fully saturated rings. The van der Waals surface area contributed by atoms with Gasteiger partial charge in [-0.25, -0.2) is 0 Å². The second-order valence-electron chi connectivity index (χ2n) is 3.35. The van der Waals surface area contributed by atoms with Crippen LogP contribution in [0.5, 0.6) is 5.75 Å². The number of methoxy groups -OCH3 is 1. The van der Waals surface area contributed by atoms with Gasteiger partial charge in [-0.2, -0.15) is 0 Å². The van der Waals surface area contributed by atoms with Crippen LogP contribution in [0.15, 0.2) is 18.3 Å². The zero-order valence-electron chi connectivity index (χ0n) is 7.49. The van der Waals surface area contributed by atoms with Gasteiger partial charge in [0.2, 0.25) is 0 Å². The Hall–Kier alpha value is -1.38. The Morgan fingerprint density at radius 2 is 2.38 bits per heavy atom. The number of nitrogens with zero attached hydrogens (tertiary/aromatic N) is 1. The largest absolute Gasteiger partial charge is 0.497 e. The number of carbonyl (C=O) groups excluding carboxylic acids is 1. The summed E-state index contributed by atoms with van der Waals surface area (Å²) in [4.78, 5) is 15.0. The monoisotopic (exact) mass is 177 g/mol. The van der Waals surface area contributed by atoms with Gasteiger partial charge >= 0.3 is 0 Å². The molecule has 3 nitrogen and oxygen atoms in total. The highest BCUT2D eigenvalue weighted by Gasteiger charge is 2.45. The lowest BCUT2D eigenvalue weighted by Crippen LogP contribution is -2.09. The van der Waals surface area contributed by atoms with E-state index in [-0.39, 0.29) is 5.41 Å². The average molecular weight is 177 g/mol. The van der Waals surface area contributed by atoms with E-state index in [1.807, 2.05) is 6.07 Å². The number of hydrogen-bond donors (Lipinski definition) is 0. The highest BCUT2D eigenvalue weighted by molar-refractivity contribution is 5.72. The molecule has 3 heteroatoms. The van der Waals surface area contributed by atoms with Crippen molar-refractivity contribution in [1.29, 1.82) is 0 Å². The molecule has 0 amide bonds. The van der Waals surface area contributed by atoms with Gasteiger partial charge < -0.3 is 9.53 Å². The smallest absolute Gasteiger partial charge is 0.132 e. The molecule has 0 aromatic carbocycles. The molecule has 0 unspecified atom stereocenters. The summed E-state index contributed by atoms with van der Waals surface area (Å²) in [5.41, 5.74) is 0.538. The van der Waals surface area contributed by atoms with Crippen molar-refractivity contribution in [1.82, 2.24) is 4.98 Å². The molecule has 0 atom stereocenters. The Balaban J connectivity index is 2.35. The van der Waals surface area contributed by atoms with Gasteiger partial charge in [-0.05, 0) is 18.9 Å². The maximum Gasteiger partial charge on any atom is 0.132 e. The molecule has 68 valence electrons. The summed E-state index contributed by atoms with van der Waals surface area (Å²) in [6, 6.07) is 3.62. The van der Waals surface area contributed by atoms with E-state index in [4.69, 9.17) is 4.74 Å². The molecule has 1 saturated carbocycles. The molecule has 1 aliphatic carbocycles. The zero-order valence-corrected chi connectivity index (χ0v) is 7.49. The van der Waals surface area contributed by atoms with E-state index in [0.717, 1.165) is 30.6 Å². The van der Waals surface area contributed by atoms with Gasteiger partial charge in [0.15, 0.2) is 0 Å². The summed E-state index contributed by atoms with van der Waals surface area (Å²) in [6.07, 6.45) is 4.50. The third-order valence-corrected chi connectivity index (χ3v) is 2.49. The second-order valence-corrected chi connectivity index (χ2v) is 3.35. The van der Waals surface area contributed by atoms with Crippen LogP contribution in [0.1, 0.15) is 18.5 Å².